The third-order valence-corrected chi connectivity index (χ3v) is 7.15. The molecule has 0 saturated carbocycles. The molecular formula is C24H27ClF3NO2S. The van der Waals surface area contributed by atoms with Crippen LogP contribution in [0.15, 0.2) is 35.2 Å². The number of Topliss-reactive ketones (excluding diaryl/α,β-unsaturated/α-hetero) is 1. The topological polar surface area (TPSA) is 46.2 Å². The van der Waals surface area contributed by atoms with Crippen molar-refractivity contribution in [2.24, 2.45) is 11.8 Å². The van der Waals surface area contributed by atoms with Gasteiger partial charge in [0.25, 0.3) is 5.91 Å². The summed E-state index contributed by atoms with van der Waals surface area (Å²) < 4.78 is 40.0. The molecule has 3 nitrogen and oxygen atoms in total. The van der Waals surface area contributed by atoms with Gasteiger partial charge in [0.15, 0.2) is 17.5 Å². The summed E-state index contributed by atoms with van der Waals surface area (Å²) >= 11 is 7.89. The summed E-state index contributed by atoms with van der Waals surface area (Å²) in [5.41, 5.74) is 0.0458. The minimum atomic E-state index is -1.60. The number of carbonyl (C=O) groups is 2. The van der Waals surface area contributed by atoms with Crippen LogP contribution in [0.1, 0.15) is 57.3 Å². The van der Waals surface area contributed by atoms with Crippen molar-refractivity contribution in [2.45, 2.75) is 57.1 Å². The van der Waals surface area contributed by atoms with E-state index in [2.05, 4.69) is 19.2 Å². The van der Waals surface area contributed by atoms with Crippen molar-refractivity contribution in [2.75, 3.05) is 5.32 Å². The van der Waals surface area contributed by atoms with Crippen molar-refractivity contribution in [1.82, 2.24) is 0 Å². The summed E-state index contributed by atoms with van der Waals surface area (Å²) in [6.45, 7) is 7.74. The molecule has 3 unspecified atom stereocenters. The fourth-order valence-electron chi connectivity index (χ4n) is 3.11. The standard InChI is InChI=1S/C24H27ClF3NO2S/c1-5-13(2)8-18(9-14(3)15(4)30)32-22-10-16(6-7-19(22)25)24(31)29-17-11-20(26)23(28)21(27)12-17/h6-7,10-14,18H,5,8-9H2,1-4H3,(H,29,31). The summed E-state index contributed by atoms with van der Waals surface area (Å²) in [5, 5.41) is 2.97. The van der Waals surface area contributed by atoms with Gasteiger partial charge in [-0.25, -0.2) is 13.2 Å². The minimum Gasteiger partial charge on any atom is -0.322 e. The molecule has 8 heteroatoms. The van der Waals surface area contributed by atoms with Crippen molar-refractivity contribution < 1.29 is 22.8 Å². The number of anilines is 1. The second kappa shape index (κ2) is 11.8. The van der Waals surface area contributed by atoms with Gasteiger partial charge in [-0.3, -0.25) is 9.59 Å². The first-order valence-corrected chi connectivity index (χ1v) is 11.7. The molecule has 0 aliphatic heterocycles. The van der Waals surface area contributed by atoms with Gasteiger partial charge >= 0.3 is 0 Å². The SMILES string of the molecule is CCC(C)CC(CC(C)C(C)=O)Sc1cc(C(=O)Nc2cc(F)c(F)c(F)c2)ccc1Cl. The van der Waals surface area contributed by atoms with E-state index in [0.717, 1.165) is 12.8 Å². The van der Waals surface area contributed by atoms with Gasteiger partial charge in [-0.1, -0.05) is 38.8 Å². The fraction of sp³-hybridized carbons (Fsp3) is 0.417. The molecule has 0 aliphatic carbocycles. The molecule has 0 spiro atoms. The zero-order valence-corrected chi connectivity index (χ0v) is 20.0. The zero-order chi connectivity index (χ0) is 24.0. The molecule has 0 aliphatic rings. The van der Waals surface area contributed by atoms with Crippen LogP contribution in [0.5, 0.6) is 0 Å². The van der Waals surface area contributed by atoms with E-state index >= 15 is 0 Å². The highest BCUT2D eigenvalue weighted by Gasteiger charge is 2.21. The van der Waals surface area contributed by atoms with Gasteiger partial charge in [0.05, 0.1) is 5.02 Å². The van der Waals surface area contributed by atoms with Gasteiger partial charge in [-0.2, -0.15) is 0 Å². The quantitative estimate of drug-likeness (QED) is 0.279. The largest absolute Gasteiger partial charge is 0.322 e. The Morgan fingerprint density at radius 3 is 2.25 bits per heavy atom. The predicted molar refractivity (Wildman–Crippen MR) is 124 cm³/mol. The lowest BCUT2D eigenvalue weighted by atomic mass is 9.95. The second-order valence-corrected chi connectivity index (χ2v) is 9.84. The summed E-state index contributed by atoms with van der Waals surface area (Å²) in [6.07, 6.45) is 2.58. The first-order chi connectivity index (χ1) is 15.0. The van der Waals surface area contributed by atoms with Crippen LogP contribution in [0.2, 0.25) is 5.02 Å². The molecule has 2 rings (SSSR count). The van der Waals surface area contributed by atoms with Gasteiger partial charge in [-0.05, 0) is 43.9 Å². The van der Waals surface area contributed by atoms with Crippen LogP contribution < -0.4 is 5.32 Å². The molecule has 0 fully saturated rings. The van der Waals surface area contributed by atoms with E-state index in [9.17, 15) is 22.8 Å². The maximum Gasteiger partial charge on any atom is 0.255 e. The molecule has 2 aromatic rings. The number of rotatable bonds is 10. The molecule has 3 atom stereocenters. The average Bonchev–Trinajstić information content (AvgIpc) is 2.73. The van der Waals surface area contributed by atoms with Crippen molar-refractivity contribution in [3.05, 3.63) is 58.4 Å². The normalized spacial score (nSPS) is 14.0. The Labute approximate surface area is 196 Å². The Morgan fingerprint density at radius 1 is 1.06 bits per heavy atom. The van der Waals surface area contributed by atoms with Crippen LogP contribution in [-0.4, -0.2) is 16.9 Å². The van der Waals surface area contributed by atoms with E-state index in [0.29, 0.717) is 34.4 Å². The smallest absolute Gasteiger partial charge is 0.255 e. The second-order valence-electron chi connectivity index (χ2n) is 8.09. The van der Waals surface area contributed by atoms with Crippen molar-refractivity contribution in [1.29, 1.82) is 0 Å². The number of ketones is 1. The third-order valence-electron chi connectivity index (χ3n) is 5.40. The van der Waals surface area contributed by atoms with Crippen LogP contribution >= 0.6 is 23.4 Å². The maximum absolute atomic E-state index is 13.4. The summed E-state index contributed by atoms with van der Waals surface area (Å²) in [4.78, 5) is 25.1. The van der Waals surface area contributed by atoms with Gasteiger partial charge in [0.1, 0.15) is 5.78 Å². The van der Waals surface area contributed by atoms with E-state index in [-0.39, 0.29) is 28.2 Å². The molecule has 0 bridgehead atoms. The molecule has 1 amide bonds. The minimum absolute atomic E-state index is 0.0925. The molecular weight excluding hydrogens is 459 g/mol. The molecule has 0 saturated heterocycles. The van der Waals surface area contributed by atoms with Crippen LogP contribution in [0.3, 0.4) is 0 Å². The van der Waals surface area contributed by atoms with Crippen LogP contribution in [0.4, 0.5) is 18.9 Å². The Morgan fingerprint density at radius 2 is 1.69 bits per heavy atom. The molecule has 174 valence electrons. The van der Waals surface area contributed by atoms with E-state index in [1.807, 2.05) is 6.92 Å². The Kier molecular flexibility index (Phi) is 9.64. The van der Waals surface area contributed by atoms with Gasteiger partial charge in [0.2, 0.25) is 0 Å². The van der Waals surface area contributed by atoms with E-state index < -0.39 is 23.4 Å². The average molecular weight is 486 g/mol. The number of amides is 1. The first kappa shape index (κ1) is 26.3. The summed E-state index contributed by atoms with van der Waals surface area (Å²) in [6, 6.07) is 6.13. The lowest BCUT2D eigenvalue weighted by Crippen LogP contribution is -2.17. The number of halogens is 4. The molecule has 2 aromatic carbocycles. The van der Waals surface area contributed by atoms with Crippen molar-refractivity contribution in [3.63, 3.8) is 0 Å². The number of hydrogen-bond donors (Lipinski definition) is 1. The van der Waals surface area contributed by atoms with Crippen molar-refractivity contribution in [3.8, 4) is 0 Å². The van der Waals surface area contributed by atoms with E-state index in [1.54, 1.807) is 19.1 Å². The van der Waals surface area contributed by atoms with E-state index in [1.165, 1.54) is 17.8 Å². The lowest BCUT2D eigenvalue weighted by Gasteiger charge is -2.23. The highest BCUT2D eigenvalue weighted by atomic mass is 35.5. The van der Waals surface area contributed by atoms with Gasteiger partial charge < -0.3 is 5.32 Å². The number of carbonyl (C=O) groups excluding carboxylic acids is 2. The summed E-state index contributed by atoms with van der Waals surface area (Å²) in [7, 11) is 0. The van der Waals surface area contributed by atoms with Crippen molar-refractivity contribution >= 4 is 40.7 Å². The molecule has 1 N–H and O–H groups in total. The maximum atomic E-state index is 13.4. The number of benzene rings is 2. The van der Waals surface area contributed by atoms with Crippen LogP contribution in [0.25, 0.3) is 0 Å². The van der Waals surface area contributed by atoms with E-state index in [4.69, 9.17) is 11.6 Å². The van der Waals surface area contributed by atoms with Crippen LogP contribution in [0, 0.1) is 29.3 Å². The Bertz CT molecular complexity index is 963. The molecule has 0 heterocycles. The number of nitrogens with one attached hydrogen (secondary N) is 1. The third kappa shape index (κ3) is 7.27. The monoisotopic (exact) mass is 485 g/mol. The lowest BCUT2D eigenvalue weighted by molar-refractivity contribution is -0.120. The van der Waals surface area contributed by atoms with Gasteiger partial charge in [0, 0.05) is 39.4 Å². The van der Waals surface area contributed by atoms with Gasteiger partial charge in [-0.15, -0.1) is 11.8 Å². The number of thioether (sulfide) groups is 1. The number of hydrogen-bond acceptors (Lipinski definition) is 3. The Balaban J connectivity index is 2.23. The highest BCUT2D eigenvalue weighted by Crippen LogP contribution is 2.37. The fourth-order valence-corrected chi connectivity index (χ4v) is 4.91. The highest BCUT2D eigenvalue weighted by molar-refractivity contribution is 8.00. The molecule has 0 aromatic heterocycles. The molecule has 0 radical (unpaired) electrons. The first-order valence-electron chi connectivity index (χ1n) is 10.4. The van der Waals surface area contributed by atoms with Crippen LogP contribution in [-0.2, 0) is 4.79 Å². The zero-order valence-electron chi connectivity index (χ0n) is 18.5. The summed E-state index contributed by atoms with van der Waals surface area (Å²) in [5.74, 6) is -4.49. The molecule has 32 heavy (non-hydrogen) atoms. The Hall–Kier alpha value is -1.99. The predicted octanol–water partition coefficient (Wildman–Crippen LogP) is 7.52.